The van der Waals surface area contributed by atoms with Crippen molar-refractivity contribution >= 4 is 0 Å². The first-order chi connectivity index (χ1) is 7.25. The van der Waals surface area contributed by atoms with E-state index < -0.39 is 0 Å². The zero-order chi connectivity index (χ0) is 10.7. The summed E-state index contributed by atoms with van der Waals surface area (Å²) in [5.41, 5.74) is 2.79. The second-order valence-corrected chi connectivity index (χ2v) is 4.82. The van der Waals surface area contributed by atoms with Crippen molar-refractivity contribution in [3.05, 3.63) is 35.4 Å². The Hall–Kier alpha value is -0.820. The summed E-state index contributed by atoms with van der Waals surface area (Å²) in [5.74, 6) is 0.961. The largest absolute Gasteiger partial charge is 0.314 e. The normalized spacial score (nSPS) is 17.7. The SMILES string of the molecule is Cc1ccc(CCNC(C)C2CC2)cc1. The molecule has 1 aliphatic rings. The van der Waals surface area contributed by atoms with Gasteiger partial charge < -0.3 is 5.32 Å². The zero-order valence-electron chi connectivity index (χ0n) is 9.79. The lowest BCUT2D eigenvalue weighted by atomic mass is 10.1. The van der Waals surface area contributed by atoms with Gasteiger partial charge in [-0.05, 0) is 51.1 Å². The van der Waals surface area contributed by atoms with Crippen LogP contribution in [0.3, 0.4) is 0 Å². The fourth-order valence-corrected chi connectivity index (χ4v) is 1.96. The predicted octanol–water partition coefficient (Wildman–Crippen LogP) is 2.93. The van der Waals surface area contributed by atoms with Crippen molar-refractivity contribution in [2.24, 2.45) is 5.92 Å². The first-order valence-corrected chi connectivity index (χ1v) is 6.04. The summed E-state index contributed by atoms with van der Waals surface area (Å²) < 4.78 is 0. The maximum atomic E-state index is 3.61. The number of aryl methyl sites for hydroxylation is 1. The Morgan fingerprint density at radius 3 is 2.53 bits per heavy atom. The van der Waals surface area contributed by atoms with Gasteiger partial charge >= 0.3 is 0 Å². The number of hydrogen-bond donors (Lipinski definition) is 1. The van der Waals surface area contributed by atoms with Crippen LogP contribution in [-0.4, -0.2) is 12.6 Å². The smallest absolute Gasteiger partial charge is 0.00671 e. The average molecular weight is 203 g/mol. The van der Waals surface area contributed by atoms with Gasteiger partial charge in [-0.15, -0.1) is 0 Å². The molecule has 0 radical (unpaired) electrons. The second-order valence-electron chi connectivity index (χ2n) is 4.82. The van der Waals surface area contributed by atoms with Crippen molar-refractivity contribution in [1.82, 2.24) is 5.32 Å². The molecule has 0 bridgehead atoms. The van der Waals surface area contributed by atoms with E-state index in [2.05, 4.69) is 43.4 Å². The quantitative estimate of drug-likeness (QED) is 0.776. The molecule has 0 saturated heterocycles. The Morgan fingerprint density at radius 1 is 1.27 bits per heavy atom. The molecule has 15 heavy (non-hydrogen) atoms. The van der Waals surface area contributed by atoms with Crippen LogP contribution < -0.4 is 5.32 Å². The molecule has 0 spiro atoms. The van der Waals surface area contributed by atoms with Crippen LogP contribution in [0.25, 0.3) is 0 Å². The van der Waals surface area contributed by atoms with Gasteiger partial charge in [0.1, 0.15) is 0 Å². The highest BCUT2D eigenvalue weighted by atomic mass is 14.9. The summed E-state index contributed by atoms with van der Waals surface area (Å²) in [5, 5.41) is 3.61. The molecule has 1 aromatic rings. The van der Waals surface area contributed by atoms with Crippen molar-refractivity contribution in [3.63, 3.8) is 0 Å². The summed E-state index contributed by atoms with van der Waals surface area (Å²) in [6.07, 6.45) is 4.01. The molecular weight excluding hydrogens is 182 g/mol. The van der Waals surface area contributed by atoms with E-state index in [1.165, 1.54) is 24.0 Å². The number of rotatable bonds is 5. The van der Waals surface area contributed by atoms with Gasteiger partial charge in [-0.1, -0.05) is 29.8 Å². The standard InChI is InChI=1S/C14H21N/c1-11-3-5-13(6-4-11)9-10-15-12(2)14-7-8-14/h3-6,12,14-15H,7-10H2,1-2H3. The molecule has 82 valence electrons. The molecule has 1 N–H and O–H groups in total. The topological polar surface area (TPSA) is 12.0 Å². The van der Waals surface area contributed by atoms with Crippen LogP contribution in [0.5, 0.6) is 0 Å². The minimum Gasteiger partial charge on any atom is -0.314 e. The molecule has 1 nitrogen and oxygen atoms in total. The Morgan fingerprint density at radius 2 is 1.93 bits per heavy atom. The lowest BCUT2D eigenvalue weighted by Gasteiger charge is -2.12. The van der Waals surface area contributed by atoms with Crippen LogP contribution in [-0.2, 0) is 6.42 Å². The van der Waals surface area contributed by atoms with Gasteiger partial charge in [0.05, 0.1) is 0 Å². The van der Waals surface area contributed by atoms with Crippen molar-refractivity contribution in [2.75, 3.05) is 6.54 Å². The summed E-state index contributed by atoms with van der Waals surface area (Å²) in [4.78, 5) is 0. The van der Waals surface area contributed by atoms with Crippen LogP contribution in [0.15, 0.2) is 24.3 Å². The van der Waals surface area contributed by atoms with Crippen LogP contribution in [0.4, 0.5) is 0 Å². The Kier molecular flexibility index (Phi) is 3.42. The second kappa shape index (κ2) is 4.80. The zero-order valence-corrected chi connectivity index (χ0v) is 9.79. The van der Waals surface area contributed by atoms with E-state index in [-0.39, 0.29) is 0 Å². The Bertz CT molecular complexity index is 298. The highest BCUT2D eigenvalue weighted by Gasteiger charge is 2.26. The lowest BCUT2D eigenvalue weighted by Crippen LogP contribution is -2.29. The molecule has 1 atom stereocenters. The van der Waals surface area contributed by atoms with Crippen molar-refractivity contribution in [3.8, 4) is 0 Å². The number of hydrogen-bond acceptors (Lipinski definition) is 1. The summed E-state index contributed by atoms with van der Waals surface area (Å²) in [6, 6.07) is 9.58. The fourth-order valence-electron chi connectivity index (χ4n) is 1.96. The van der Waals surface area contributed by atoms with Gasteiger partial charge in [-0.25, -0.2) is 0 Å². The Labute approximate surface area is 92.9 Å². The lowest BCUT2D eigenvalue weighted by molar-refractivity contribution is 0.500. The van der Waals surface area contributed by atoms with Gasteiger partial charge in [0, 0.05) is 6.04 Å². The van der Waals surface area contributed by atoms with E-state index in [4.69, 9.17) is 0 Å². The predicted molar refractivity (Wildman–Crippen MR) is 65.1 cm³/mol. The summed E-state index contributed by atoms with van der Waals surface area (Å²) in [7, 11) is 0. The van der Waals surface area contributed by atoms with E-state index >= 15 is 0 Å². The molecule has 0 amide bonds. The third-order valence-electron chi connectivity index (χ3n) is 3.33. The van der Waals surface area contributed by atoms with Gasteiger partial charge in [0.15, 0.2) is 0 Å². The van der Waals surface area contributed by atoms with E-state index in [0.29, 0.717) is 0 Å². The first kappa shape index (κ1) is 10.7. The average Bonchev–Trinajstić information content (AvgIpc) is 3.04. The van der Waals surface area contributed by atoms with Gasteiger partial charge in [-0.3, -0.25) is 0 Å². The highest BCUT2D eigenvalue weighted by Crippen LogP contribution is 2.32. The molecule has 1 aliphatic carbocycles. The van der Waals surface area contributed by atoms with Gasteiger partial charge in [0.2, 0.25) is 0 Å². The van der Waals surface area contributed by atoms with E-state index in [1.54, 1.807) is 0 Å². The van der Waals surface area contributed by atoms with Gasteiger partial charge in [0.25, 0.3) is 0 Å². The first-order valence-electron chi connectivity index (χ1n) is 6.04. The third-order valence-corrected chi connectivity index (χ3v) is 3.33. The fraction of sp³-hybridized carbons (Fsp3) is 0.571. The van der Waals surface area contributed by atoms with Gasteiger partial charge in [-0.2, -0.15) is 0 Å². The molecule has 1 aromatic carbocycles. The Balaban J connectivity index is 1.70. The van der Waals surface area contributed by atoms with Crippen molar-refractivity contribution < 1.29 is 0 Å². The third kappa shape index (κ3) is 3.35. The molecule has 0 heterocycles. The molecule has 1 fully saturated rings. The molecule has 2 rings (SSSR count). The number of benzene rings is 1. The number of nitrogens with one attached hydrogen (secondary N) is 1. The van der Waals surface area contributed by atoms with E-state index in [1.807, 2.05) is 0 Å². The summed E-state index contributed by atoms with van der Waals surface area (Å²) in [6.45, 7) is 5.56. The minimum absolute atomic E-state index is 0.718. The van der Waals surface area contributed by atoms with Crippen LogP contribution in [0.2, 0.25) is 0 Å². The van der Waals surface area contributed by atoms with Crippen LogP contribution >= 0.6 is 0 Å². The van der Waals surface area contributed by atoms with Crippen molar-refractivity contribution in [1.29, 1.82) is 0 Å². The maximum Gasteiger partial charge on any atom is 0.00671 e. The van der Waals surface area contributed by atoms with Crippen LogP contribution in [0, 0.1) is 12.8 Å². The van der Waals surface area contributed by atoms with E-state index in [9.17, 15) is 0 Å². The highest BCUT2D eigenvalue weighted by molar-refractivity contribution is 5.21. The minimum atomic E-state index is 0.718. The monoisotopic (exact) mass is 203 g/mol. The molecule has 1 heteroatoms. The maximum absolute atomic E-state index is 3.61. The molecular formula is C14H21N. The van der Waals surface area contributed by atoms with Crippen LogP contribution in [0.1, 0.15) is 30.9 Å². The molecule has 1 saturated carbocycles. The molecule has 0 aromatic heterocycles. The molecule has 0 aliphatic heterocycles. The van der Waals surface area contributed by atoms with Crippen molar-refractivity contribution in [2.45, 2.75) is 39.2 Å². The van der Waals surface area contributed by atoms with E-state index in [0.717, 1.165) is 24.9 Å². The summed E-state index contributed by atoms with van der Waals surface area (Å²) >= 11 is 0. The molecule has 1 unspecified atom stereocenters.